The summed E-state index contributed by atoms with van der Waals surface area (Å²) in [4.78, 5) is 27.0. The van der Waals surface area contributed by atoms with Crippen LogP contribution in [0.5, 0.6) is 11.5 Å². The van der Waals surface area contributed by atoms with Gasteiger partial charge in [-0.15, -0.1) is 0 Å². The molecule has 39 heavy (non-hydrogen) atoms. The number of thioether (sulfide) groups is 1. The Bertz CT molecular complexity index is 1700. The number of hydrogen-bond acceptors (Lipinski definition) is 7. The highest BCUT2D eigenvalue weighted by atomic mass is 35.5. The van der Waals surface area contributed by atoms with Crippen LogP contribution in [0.1, 0.15) is 5.56 Å². The van der Waals surface area contributed by atoms with E-state index < -0.39 is 21.3 Å². The van der Waals surface area contributed by atoms with Crippen molar-refractivity contribution in [2.24, 2.45) is 0 Å². The second-order valence-electron chi connectivity index (χ2n) is 8.33. The Morgan fingerprint density at radius 2 is 1.51 bits per heavy atom. The van der Waals surface area contributed by atoms with Crippen molar-refractivity contribution in [1.29, 1.82) is 0 Å². The van der Waals surface area contributed by atoms with Gasteiger partial charge in [0.15, 0.2) is 5.75 Å². The number of rotatable bonds is 8. The van der Waals surface area contributed by atoms with Gasteiger partial charge in [-0.1, -0.05) is 53.5 Å². The number of carbonyl (C=O) groups excluding carboxylic acids is 2. The largest absolute Gasteiger partial charge is 0.492 e. The number of nitrogens with zero attached hydrogens (tertiary/aromatic N) is 1. The first-order chi connectivity index (χ1) is 18.7. The Morgan fingerprint density at radius 3 is 2.23 bits per heavy atom. The van der Waals surface area contributed by atoms with Crippen LogP contribution in [0.25, 0.3) is 16.8 Å². The minimum absolute atomic E-state index is 0.0153. The van der Waals surface area contributed by atoms with Crippen LogP contribution in [0.15, 0.2) is 94.7 Å². The van der Waals surface area contributed by atoms with E-state index in [1.807, 2.05) is 12.1 Å². The Labute approximate surface area is 239 Å². The molecule has 4 aromatic rings. The molecule has 0 saturated carbocycles. The van der Waals surface area contributed by atoms with Gasteiger partial charge in [-0.25, -0.2) is 0 Å². The lowest BCUT2D eigenvalue weighted by atomic mass is 10.0. The fourth-order valence-electron chi connectivity index (χ4n) is 3.87. The highest BCUT2D eigenvalue weighted by Crippen LogP contribution is 2.37. The van der Waals surface area contributed by atoms with Crippen molar-refractivity contribution in [2.75, 3.05) is 13.2 Å². The summed E-state index contributed by atoms with van der Waals surface area (Å²) in [5.41, 5.74) is 0.355. The van der Waals surface area contributed by atoms with Crippen LogP contribution in [0.2, 0.25) is 10.0 Å². The normalized spacial score (nSPS) is 14.8. The SMILES string of the molecule is O=C1S/C(=C\c2c(OS(=O)(=O)c3ccc(Cl)cc3)ccc3ccccc23)C(=O)N1CCOc1ccc(Cl)cc1. The number of fused-ring (bicyclic) bond motifs is 1. The maximum atomic E-state index is 13.2. The molecule has 7 nitrogen and oxygen atoms in total. The van der Waals surface area contributed by atoms with Crippen molar-refractivity contribution in [1.82, 2.24) is 4.90 Å². The molecule has 1 saturated heterocycles. The standard InChI is InChI=1S/C28H19Cl2NO6S2/c29-19-6-10-21(11-7-19)36-16-15-31-27(32)26(38-28(31)33)17-24-23-4-2-1-3-18(23)5-14-25(24)37-39(34,35)22-12-8-20(30)9-13-22/h1-14,17H,15-16H2/b26-17-. The van der Waals surface area contributed by atoms with Crippen LogP contribution in [-0.2, 0) is 14.9 Å². The zero-order valence-electron chi connectivity index (χ0n) is 20.0. The van der Waals surface area contributed by atoms with Crippen LogP contribution < -0.4 is 8.92 Å². The highest BCUT2D eigenvalue weighted by Gasteiger charge is 2.35. The van der Waals surface area contributed by atoms with Crippen molar-refractivity contribution in [3.63, 3.8) is 0 Å². The van der Waals surface area contributed by atoms with E-state index in [0.717, 1.165) is 22.0 Å². The van der Waals surface area contributed by atoms with Crippen LogP contribution in [0.3, 0.4) is 0 Å². The monoisotopic (exact) mass is 599 g/mol. The number of ether oxygens (including phenoxy) is 1. The van der Waals surface area contributed by atoms with Crippen molar-refractivity contribution in [3.05, 3.63) is 105 Å². The molecule has 2 amide bonds. The molecule has 0 radical (unpaired) electrons. The fraction of sp³-hybridized carbons (Fsp3) is 0.0714. The fourth-order valence-corrected chi connectivity index (χ4v) is 5.92. The average Bonchev–Trinajstić information content (AvgIpc) is 3.18. The summed E-state index contributed by atoms with van der Waals surface area (Å²) in [6, 6.07) is 22.8. The maximum Gasteiger partial charge on any atom is 0.339 e. The Balaban J connectivity index is 1.43. The van der Waals surface area contributed by atoms with Crippen LogP contribution in [-0.4, -0.2) is 37.6 Å². The van der Waals surface area contributed by atoms with Crippen LogP contribution >= 0.6 is 35.0 Å². The van der Waals surface area contributed by atoms with Gasteiger partial charge in [0.05, 0.1) is 11.4 Å². The zero-order valence-corrected chi connectivity index (χ0v) is 23.2. The van der Waals surface area contributed by atoms with Crippen molar-refractivity contribution >= 4 is 73.1 Å². The van der Waals surface area contributed by atoms with Crippen LogP contribution in [0.4, 0.5) is 4.79 Å². The molecule has 0 aliphatic carbocycles. The molecule has 1 heterocycles. The van der Waals surface area contributed by atoms with Gasteiger partial charge < -0.3 is 8.92 Å². The first kappa shape index (κ1) is 27.1. The van der Waals surface area contributed by atoms with E-state index in [9.17, 15) is 18.0 Å². The smallest absolute Gasteiger partial charge is 0.339 e. The van der Waals surface area contributed by atoms with Gasteiger partial charge in [-0.2, -0.15) is 8.42 Å². The average molecular weight is 601 g/mol. The van der Waals surface area contributed by atoms with E-state index in [0.29, 0.717) is 26.7 Å². The molecule has 4 aromatic carbocycles. The Kier molecular flexibility index (Phi) is 7.86. The van der Waals surface area contributed by atoms with E-state index in [4.69, 9.17) is 32.1 Å². The lowest BCUT2D eigenvalue weighted by Crippen LogP contribution is -2.32. The summed E-state index contributed by atoms with van der Waals surface area (Å²) >= 11 is 12.5. The molecular formula is C28H19Cl2NO6S2. The molecule has 1 aliphatic heterocycles. The quantitative estimate of drug-likeness (QED) is 0.158. The second kappa shape index (κ2) is 11.3. The molecule has 198 valence electrons. The molecule has 0 N–H and O–H groups in total. The summed E-state index contributed by atoms with van der Waals surface area (Å²) in [7, 11) is -4.21. The summed E-state index contributed by atoms with van der Waals surface area (Å²) in [5.74, 6) is 0.0621. The van der Waals surface area contributed by atoms with Crippen molar-refractivity contribution in [2.45, 2.75) is 4.90 Å². The minimum atomic E-state index is -4.21. The third-order valence-corrected chi connectivity index (χ3v) is 8.44. The van der Waals surface area contributed by atoms with Gasteiger partial charge in [0.2, 0.25) is 0 Å². The predicted molar refractivity (Wildman–Crippen MR) is 153 cm³/mol. The van der Waals surface area contributed by atoms with E-state index in [-0.39, 0.29) is 28.7 Å². The summed E-state index contributed by atoms with van der Waals surface area (Å²) in [6.07, 6.45) is 1.49. The molecule has 0 aromatic heterocycles. The first-order valence-electron chi connectivity index (χ1n) is 11.6. The van der Waals surface area contributed by atoms with Gasteiger partial charge in [0.1, 0.15) is 17.3 Å². The van der Waals surface area contributed by atoms with E-state index >= 15 is 0 Å². The van der Waals surface area contributed by atoms with E-state index in [2.05, 4.69) is 0 Å². The number of benzene rings is 4. The maximum absolute atomic E-state index is 13.2. The summed E-state index contributed by atoms with van der Waals surface area (Å²) in [6.45, 7) is 0.128. The number of amides is 2. The predicted octanol–water partition coefficient (Wildman–Crippen LogP) is 7.03. The lowest BCUT2D eigenvalue weighted by molar-refractivity contribution is -0.123. The molecule has 11 heteroatoms. The Morgan fingerprint density at radius 1 is 0.846 bits per heavy atom. The number of halogens is 2. The third-order valence-electron chi connectivity index (χ3n) is 5.78. The topological polar surface area (TPSA) is 90.0 Å². The molecule has 0 bridgehead atoms. The Hall–Kier alpha value is -3.50. The number of hydrogen-bond donors (Lipinski definition) is 0. The lowest BCUT2D eigenvalue weighted by Gasteiger charge is -2.14. The highest BCUT2D eigenvalue weighted by molar-refractivity contribution is 8.18. The molecule has 1 aliphatic rings. The van der Waals surface area contributed by atoms with Gasteiger partial charge in [0, 0.05) is 15.6 Å². The van der Waals surface area contributed by atoms with E-state index in [1.165, 1.54) is 36.4 Å². The third kappa shape index (κ3) is 6.07. The molecule has 5 rings (SSSR count). The van der Waals surface area contributed by atoms with Crippen molar-refractivity contribution < 1.29 is 26.9 Å². The van der Waals surface area contributed by atoms with Gasteiger partial charge in [0.25, 0.3) is 11.1 Å². The van der Waals surface area contributed by atoms with Gasteiger partial charge >= 0.3 is 10.1 Å². The van der Waals surface area contributed by atoms with Gasteiger partial charge in [-0.05, 0) is 83.2 Å². The summed E-state index contributed by atoms with van der Waals surface area (Å²) in [5, 5.41) is 1.95. The first-order valence-corrected chi connectivity index (χ1v) is 14.5. The van der Waals surface area contributed by atoms with E-state index in [1.54, 1.807) is 42.5 Å². The van der Waals surface area contributed by atoms with Gasteiger partial charge in [-0.3, -0.25) is 14.5 Å². The number of carbonyl (C=O) groups is 2. The summed E-state index contributed by atoms with van der Waals surface area (Å²) < 4.78 is 37.2. The minimum Gasteiger partial charge on any atom is -0.492 e. The molecule has 0 spiro atoms. The zero-order chi connectivity index (χ0) is 27.6. The number of imide groups is 1. The molecule has 0 unspecified atom stereocenters. The second-order valence-corrected chi connectivity index (χ2v) is 11.7. The van der Waals surface area contributed by atoms with Crippen LogP contribution in [0, 0.1) is 0 Å². The molecule has 0 atom stereocenters. The van der Waals surface area contributed by atoms with Crippen molar-refractivity contribution in [3.8, 4) is 11.5 Å². The molecule has 1 fully saturated rings. The molecular weight excluding hydrogens is 581 g/mol.